The van der Waals surface area contributed by atoms with Crippen molar-refractivity contribution in [2.45, 2.75) is 58.8 Å². The van der Waals surface area contributed by atoms with Crippen molar-refractivity contribution in [2.75, 3.05) is 13.1 Å². The Morgan fingerprint density at radius 3 is 2.21 bits per heavy atom. The third kappa shape index (κ3) is 8.28. The first kappa shape index (κ1) is 27.9. The van der Waals surface area contributed by atoms with Gasteiger partial charge in [-0.15, -0.1) is 24.8 Å². The van der Waals surface area contributed by atoms with Crippen LogP contribution in [0.25, 0.3) is 0 Å². The van der Waals surface area contributed by atoms with E-state index in [2.05, 4.69) is 28.5 Å². The number of carbonyl (C=O) groups is 1. The van der Waals surface area contributed by atoms with E-state index in [1.807, 2.05) is 0 Å². The Bertz CT molecular complexity index is 653. The van der Waals surface area contributed by atoms with Gasteiger partial charge in [0.15, 0.2) is 5.82 Å². The molecule has 0 radical (unpaired) electrons. The van der Waals surface area contributed by atoms with Crippen LogP contribution in [0.4, 0.5) is 0 Å². The molecule has 0 amide bonds. The summed E-state index contributed by atoms with van der Waals surface area (Å²) in [5.41, 5.74) is 11.3. The molecule has 1 unspecified atom stereocenters. The minimum Gasteiger partial charge on any atom is -0.481 e. The number of hydrogen-bond donors (Lipinski definition) is 4. The Morgan fingerprint density at radius 2 is 1.86 bits per heavy atom. The molecule has 170 valence electrons. The number of rotatable bonds is 8. The molecule has 29 heavy (non-hydrogen) atoms. The quantitative estimate of drug-likeness (QED) is 0.471. The van der Waals surface area contributed by atoms with Crippen molar-refractivity contribution in [2.24, 2.45) is 40.6 Å². The number of fused-ring (bicyclic) bond motifs is 1. The summed E-state index contributed by atoms with van der Waals surface area (Å²) in [5, 5.41) is 12.4. The largest absolute Gasteiger partial charge is 0.481 e. The number of aliphatic carboxylic acids is 1. The molecule has 3 rings (SSSR count). The molecule has 2 aliphatic rings. The summed E-state index contributed by atoms with van der Waals surface area (Å²) in [6.45, 7) is 5.45. The predicted octanol–water partition coefficient (Wildman–Crippen LogP) is 2.60. The number of nitrogens with two attached hydrogens (primary N) is 2. The smallest absolute Gasteiger partial charge is 0.438 e. The highest BCUT2D eigenvalue weighted by molar-refractivity contribution is 5.85. The summed E-state index contributed by atoms with van der Waals surface area (Å²) in [5.74, 6) is 1.95. The molecule has 0 bridgehead atoms. The molecule has 1 heterocycles. The zero-order valence-corrected chi connectivity index (χ0v) is 18.9. The SMILES string of the molecule is CC(C)CC(CN)Cc1noc(=O)[nH]1.Cl.Cl.NC[C@@]1(CC(=O)O)C[C@H]2CC[C@H]2C1. The van der Waals surface area contributed by atoms with Gasteiger partial charge in [-0.2, -0.15) is 0 Å². The van der Waals surface area contributed by atoms with Crippen LogP contribution in [-0.4, -0.2) is 34.3 Å². The Hall–Kier alpha value is -1.09. The summed E-state index contributed by atoms with van der Waals surface area (Å²) in [4.78, 5) is 23.9. The van der Waals surface area contributed by atoms with Crippen molar-refractivity contribution >= 4 is 30.8 Å². The Balaban J connectivity index is 0.000000506. The van der Waals surface area contributed by atoms with Crippen LogP contribution in [0.5, 0.6) is 0 Å². The van der Waals surface area contributed by atoms with Gasteiger partial charge in [-0.1, -0.05) is 19.0 Å². The van der Waals surface area contributed by atoms with E-state index in [4.69, 9.17) is 16.6 Å². The van der Waals surface area contributed by atoms with Gasteiger partial charge in [0.05, 0.1) is 6.42 Å². The van der Waals surface area contributed by atoms with Crippen LogP contribution in [0.2, 0.25) is 0 Å². The molecule has 1 aromatic heterocycles. The maximum Gasteiger partial charge on any atom is 0.438 e. The summed E-state index contributed by atoms with van der Waals surface area (Å²) in [6.07, 6.45) is 6.70. The normalized spacial score (nSPS) is 25.6. The van der Waals surface area contributed by atoms with Gasteiger partial charge in [0.25, 0.3) is 0 Å². The zero-order valence-electron chi connectivity index (χ0n) is 17.3. The second kappa shape index (κ2) is 12.6. The molecule has 10 heteroatoms. The van der Waals surface area contributed by atoms with Crippen LogP contribution >= 0.6 is 24.8 Å². The topological polar surface area (TPSA) is 148 Å². The monoisotopic (exact) mass is 454 g/mol. The molecule has 8 nitrogen and oxygen atoms in total. The van der Waals surface area contributed by atoms with Gasteiger partial charge in [-0.05, 0) is 74.3 Å². The van der Waals surface area contributed by atoms with Crippen LogP contribution in [0, 0.1) is 29.1 Å². The minimum absolute atomic E-state index is 0. The first-order chi connectivity index (χ1) is 12.8. The fourth-order valence-electron chi connectivity index (χ4n) is 4.63. The number of hydrogen-bond acceptors (Lipinski definition) is 6. The summed E-state index contributed by atoms with van der Waals surface area (Å²) in [7, 11) is 0. The van der Waals surface area contributed by atoms with E-state index in [0.717, 1.165) is 31.1 Å². The van der Waals surface area contributed by atoms with E-state index in [0.29, 0.717) is 37.2 Å². The van der Waals surface area contributed by atoms with Gasteiger partial charge in [-0.3, -0.25) is 14.3 Å². The average Bonchev–Trinajstić information content (AvgIpc) is 3.10. The molecule has 4 atom stereocenters. The Morgan fingerprint density at radius 1 is 1.28 bits per heavy atom. The van der Waals surface area contributed by atoms with Gasteiger partial charge in [-0.25, -0.2) is 4.79 Å². The molecule has 2 fully saturated rings. The number of aromatic amines is 1. The third-order valence-corrected chi connectivity index (χ3v) is 6.03. The van der Waals surface area contributed by atoms with Gasteiger partial charge in [0.2, 0.25) is 0 Å². The lowest BCUT2D eigenvalue weighted by molar-refractivity contribution is -0.139. The first-order valence-corrected chi connectivity index (χ1v) is 9.93. The summed E-state index contributed by atoms with van der Waals surface area (Å²) in [6, 6.07) is 0. The molecule has 2 aliphatic carbocycles. The molecule has 0 aliphatic heterocycles. The molecule has 2 saturated carbocycles. The van der Waals surface area contributed by atoms with Gasteiger partial charge in [0.1, 0.15) is 0 Å². The highest BCUT2D eigenvalue weighted by Gasteiger charge is 2.49. The molecule has 6 N–H and O–H groups in total. The maximum absolute atomic E-state index is 10.7. The number of aromatic nitrogens is 2. The molecular weight excluding hydrogens is 419 g/mol. The van der Waals surface area contributed by atoms with Crippen LogP contribution in [0.3, 0.4) is 0 Å². The van der Waals surface area contributed by atoms with Gasteiger partial charge >= 0.3 is 11.7 Å². The number of H-pyrrole nitrogens is 1. The molecule has 0 aromatic carbocycles. The van der Waals surface area contributed by atoms with Crippen molar-refractivity contribution in [1.82, 2.24) is 10.1 Å². The molecular formula is C19H36Cl2N4O4. The number of nitrogens with zero attached hydrogens (tertiary/aromatic N) is 1. The second-order valence-corrected chi connectivity index (χ2v) is 8.76. The molecule has 0 saturated heterocycles. The average molecular weight is 455 g/mol. The molecule has 1 aromatic rings. The van der Waals surface area contributed by atoms with E-state index in [9.17, 15) is 9.59 Å². The summed E-state index contributed by atoms with van der Waals surface area (Å²) < 4.78 is 4.41. The van der Waals surface area contributed by atoms with E-state index < -0.39 is 11.7 Å². The third-order valence-electron chi connectivity index (χ3n) is 6.03. The first-order valence-electron chi connectivity index (χ1n) is 9.93. The fourth-order valence-corrected chi connectivity index (χ4v) is 4.63. The fraction of sp³-hybridized carbons (Fsp3) is 0.842. The zero-order chi connectivity index (χ0) is 20.0. The maximum atomic E-state index is 10.7. The molecule has 0 spiro atoms. The standard InChI is InChI=1S/C10H17NO2.C9H17N3O2.2ClH/c11-6-10(5-9(12)13)3-7-1-2-8(7)4-10;1-6(2)3-7(5-10)4-8-11-9(13)14-12-8;;/h7-8H,1-6,11H2,(H,12,13);6-7H,3-5,10H2,1-2H3,(H,11,12,13);2*1H/t7-,8+,10+;;;. The lowest BCUT2D eigenvalue weighted by atomic mass is 9.77. The highest BCUT2D eigenvalue weighted by Crippen LogP contribution is 2.56. The number of nitrogens with one attached hydrogen (secondary N) is 1. The lowest BCUT2D eigenvalue weighted by Crippen LogP contribution is -2.30. The van der Waals surface area contributed by atoms with E-state index in [-0.39, 0.29) is 36.6 Å². The van der Waals surface area contributed by atoms with Crippen molar-refractivity contribution in [1.29, 1.82) is 0 Å². The Labute approximate surface area is 184 Å². The van der Waals surface area contributed by atoms with Crippen molar-refractivity contribution < 1.29 is 14.4 Å². The van der Waals surface area contributed by atoms with Gasteiger partial charge < -0.3 is 16.6 Å². The van der Waals surface area contributed by atoms with E-state index in [1.54, 1.807) is 0 Å². The van der Waals surface area contributed by atoms with Crippen LogP contribution in [0.15, 0.2) is 9.32 Å². The van der Waals surface area contributed by atoms with Crippen molar-refractivity contribution in [3.05, 3.63) is 16.4 Å². The number of carboxylic acid groups (broad SMARTS) is 1. The number of halogens is 2. The summed E-state index contributed by atoms with van der Waals surface area (Å²) >= 11 is 0. The van der Waals surface area contributed by atoms with Crippen molar-refractivity contribution in [3.63, 3.8) is 0 Å². The lowest BCUT2D eigenvalue weighted by Gasteiger charge is -2.29. The second-order valence-electron chi connectivity index (χ2n) is 8.76. The van der Waals surface area contributed by atoms with Crippen LogP contribution in [0.1, 0.15) is 58.2 Å². The Kier molecular flexibility index (Phi) is 12.1. The van der Waals surface area contributed by atoms with Crippen LogP contribution < -0.4 is 17.2 Å². The highest BCUT2D eigenvalue weighted by atomic mass is 35.5. The number of carboxylic acids is 1. The van der Waals surface area contributed by atoms with E-state index in [1.165, 1.54) is 12.8 Å². The van der Waals surface area contributed by atoms with Crippen LogP contribution in [-0.2, 0) is 11.2 Å². The van der Waals surface area contributed by atoms with E-state index >= 15 is 0 Å². The van der Waals surface area contributed by atoms with Crippen molar-refractivity contribution in [3.8, 4) is 0 Å². The minimum atomic E-state index is -0.688. The van der Waals surface area contributed by atoms with Gasteiger partial charge in [0, 0.05) is 6.42 Å². The predicted molar refractivity (Wildman–Crippen MR) is 117 cm³/mol.